The second kappa shape index (κ2) is 8.60. The molecule has 0 heterocycles. The number of sulfonamides is 1. The van der Waals surface area contributed by atoms with Gasteiger partial charge in [-0.05, 0) is 42.5 Å². The summed E-state index contributed by atoms with van der Waals surface area (Å²) in [4.78, 5) is 23.7. The maximum Gasteiger partial charge on any atom is 0.337 e. The molecule has 0 atom stereocenters. The zero-order valence-electron chi connectivity index (χ0n) is 14.4. The van der Waals surface area contributed by atoms with E-state index in [1.807, 2.05) is 0 Å². The predicted octanol–water partition coefficient (Wildman–Crippen LogP) is 3.18. The molecule has 0 radical (unpaired) electrons. The van der Waals surface area contributed by atoms with Gasteiger partial charge in [-0.2, -0.15) is 0 Å². The summed E-state index contributed by atoms with van der Waals surface area (Å²) < 4.78 is 29.7. The summed E-state index contributed by atoms with van der Waals surface area (Å²) in [6.45, 7) is -0.487. The van der Waals surface area contributed by atoms with E-state index in [-0.39, 0.29) is 10.7 Å². The molecule has 7 nitrogen and oxygen atoms in total. The molecule has 144 valence electrons. The number of hydrogen-bond donors (Lipinski definition) is 1. The van der Waals surface area contributed by atoms with Crippen LogP contribution in [0.5, 0.6) is 0 Å². The van der Waals surface area contributed by atoms with Crippen LogP contribution in [0, 0.1) is 0 Å². The van der Waals surface area contributed by atoms with Gasteiger partial charge < -0.3 is 10.1 Å². The quantitative estimate of drug-likeness (QED) is 0.710. The van der Waals surface area contributed by atoms with Gasteiger partial charge in [0.15, 0.2) is 0 Å². The van der Waals surface area contributed by atoms with Gasteiger partial charge in [0.05, 0.1) is 29.6 Å². The lowest BCUT2D eigenvalue weighted by Crippen LogP contribution is -2.37. The van der Waals surface area contributed by atoms with Gasteiger partial charge in [0.2, 0.25) is 15.9 Å². The first kappa shape index (κ1) is 21.0. The standard InChI is InChI=1S/C17H16Cl2N2O5S/c1-26-17(23)11-3-6-13(7-4-11)20-16(22)10-21(27(2,24)25)15-8-5-12(18)9-14(15)19/h3-9H,10H2,1-2H3,(H,20,22). The van der Waals surface area contributed by atoms with Crippen LogP contribution in [0.15, 0.2) is 42.5 Å². The van der Waals surface area contributed by atoms with E-state index in [2.05, 4.69) is 10.1 Å². The first-order valence-electron chi connectivity index (χ1n) is 7.53. The molecule has 0 saturated carbocycles. The van der Waals surface area contributed by atoms with Gasteiger partial charge in [-0.1, -0.05) is 23.2 Å². The van der Waals surface area contributed by atoms with Crippen molar-refractivity contribution in [3.63, 3.8) is 0 Å². The fourth-order valence-corrected chi connectivity index (χ4v) is 3.63. The minimum Gasteiger partial charge on any atom is -0.465 e. The summed E-state index contributed by atoms with van der Waals surface area (Å²) in [5.41, 5.74) is 0.851. The third-order valence-corrected chi connectivity index (χ3v) is 5.12. The van der Waals surface area contributed by atoms with Gasteiger partial charge in [0, 0.05) is 10.7 Å². The number of ether oxygens (including phenoxy) is 1. The van der Waals surface area contributed by atoms with Crippen molar-refractivity contribution in [1.82, 2.24) is 0 Å². The lowest BCUT2D eigenvalue weighted by atomic mass is 10.2. The predicted molar refractivity (Wildman–Crippen MR) is 105 cm³/mol. The van der Waals surface area contributed by atoms with Gasteiger partial charge in [-0.3, -0.25) is 9.10 Å². The van der Waals surface area contributed by atoms with Crippen molar-refractivity contribution >= 4 is 56.5 Å². The van der Waals surface area contributed by atoms with E-state index in [0.29, 0.717) is 16.3 Å². The Morgan fingerprint density at radius 1 is 1.11 bits per heavy atom. The lowest BCUT2D eigenvalue weighted by molar-refractivity contribution is -0.114. The van der Waals surface area contributed by atoms with Crippen LogP contribution in [0.1, 0.15) is 10.4 Å². The molecule has 0 unspecified atom stereocenters. The number of methoxy groups -OCH3 is 1. The highest BCUT2D eigenvalue weighted by Crippen LogP contribution is 2.30. The molecule has 0 saturated heterocycles. The van der Waals surface area contributed by atoms with Crippen molar-refractivity contribution in [2.45, 2.75) is 0 Å². The molecule has 0 fully saturated rings. The molecular formula is C17H16Cl2N2O5S. The molecule has 27 heavy (non-hydrogen) atoms. The SMILES string of the molecule is COC(=O)c1ccc(NC(=O)CN(c2ccc(Cl)cc2Cl)S(C)(=O)=O)cc1. The molecule has 10 heteroatoms. The highest BCUT2D eigenvalue weighted by molar-refractivity contribution is 7.92. The number of anilines is 2. The highest BCUT2D eigenvalue weighted by atomic mass is 35.5. The number of nitrogens with one attached hydrogen (secondary N) is 1. The van der Waals surface area contributed by atoms with Crippen molar-refractivity contribution in [1.29, 1.82) is 0 Å². The Bertz CT molecular complexity index is 962. The molecule has 2 aromatic rings. The van der Waals surface area contributed by atoms with E-state index in [9.17, 15) is 18.0 Å². The summed E-state index contributed by atoms with van der Waals surface area (Å²) in [5.74, 6) is -1.09. The Morgan fingerprint density at radius 3 is 2.26 bits per heavy atom. The molecule has 2 aromatic carbocycles. The van der Waals surface area contributed by atoms with Gasteiger partial charge in [-0.15, -0.1) is 0 Å². The number of halogens is 2. The third-order valence-electron chi connectivity index (χ3n) is 3.46. The number of esters is 1. The maximum absolute atomic E-state index is 12.3. The molecule has 1 amide bonds. The van der Waals surface area contributed by atoms with E-state index in [1.54, 1.807) is 0 Å². The summed E-state index contributed by atoms with van der Waals surface area (Å²) in [6.07, 6.45) is 0.969. The largest absolute Gasteiger partial charge is 0.465 e. The number of benzene rings is 2. The van der Waals surface area contributed by atoms with Crippen LogP contribution >= 0.6 is 23.2 Å². The third kappa shape index (κ3) is 5.59. The van der Waals surface area contributed by atoms with Crippen molar-refractivity contribution in [2.75, 3.05) is 29.5 Å². The van der Waals surface area contributed by atoms with Gasteiger partial charge in [0.1, 0.15) is 6.54 Å². The van der Waals surface area contributed by atoms with Gasteiger partial charge in [0.25, 0.3) is 0 Å². The smallest absolute Gasteiger partial charge is 0.337 e. The van der Waals surface area contributed by atoms with Crippen LogP contribution in [-0.2, 0) is 19.6 Å². The summed E-state index contributed by atoms with van der Waals surface area (Å²) in [5, 5.41) is 3.00. The average Bonchev–Trinajstić information content (AvgIpc) is 2.59. The van der Waals surface area contributed by atoms with E-state index in [4.69, 9.17) is 23.2 Å². The number of amides is 1. The number of nitrogens with zero attached hydrogens (tertiary/aromatic N) is 1. The summed E-state index contributed by atoms with van der Waals surface area (Å²) >= 11 is 11.9. The first-order chi connectivity index (χ1) is 12.6. The van der Waals surface area contributed by atoms with E-state index >= 15 is 0 Å². The number of carbonyl (C=O) groups excluding carboxylic acids is 2. The molecule has 0 bridgehead atoms. The van der Waals surface area contributed by atoms with Gasteiger partial charge >= 0.3 is 5.97 Å². The van der Waals surface area contributed by atoms with Crippen molar-refractivity contribution in [2.24, 2.45) is 0 Å². The van der Waals surface area contributed by atoms with Crippen LogP contribution < -0.4 is 9.62 Å². The molecule has 0 aliphatic rings. The van der Waals surface area contributed by atoms with Crippen LogP contribution in [0.2, 0.25) is 10.0 Å². The topological polar surface area (TPSA) is 92.8 Å². The molecule has 1 N–H and O–H groups in total. The Labute approximate surface area is 166 Å². The Morgan fingerprint density at radius 2 is 1.74 bits per heavy atom. The first-order valence-corrected chi connectivity index (χ1v) is 10.1. The normalized spacial score (nSPS) is 11.0. The maximum atomic E-state index is 12.3. The Hall–Kier alpha value is -2.29. The van der Waals surface area contributed by atoms with Crippen LogP contribution in [0.4, 0.5) is 11.4 Å². The molecule has 2 rings (SSSR count). The van der Waals surface area contributed by atoms with E-state index in [1.165, 1.54) is 49.6 Å². The second-order valence-electron chi connectivity index (χ2n) is 5.48. The van der Waals surface area contributed by atoms with Crippen LogP contribution in [-0.4, -0.2) is 40.2 Å². The van der Waals surface area contributed by atoms with Gasteiger partial charge in [-0.25, -0.2) is 13.2 Å². The highest BCUT2D eigenvalue weighted by Gasteiger charge is 2.23. The van der Waals surface area contributed by atoms with Crippen molar-refractivity contribution in [3.8, 4) is 0 Å². The number of hydrogen-bond acceptors (Lipinski definition) is 5. The van der Waals surface area contributed by atoms with E-state index in [0.717, 1.165) is 10.6 Å². The average molecular weight is 431 g/mol. The lowest BCUT2D eigenvalue weighted by Gasteiger charge is -2.23. The van der Waals surface area contributed by atoms with Crippen molar-refractivity contribution in [3.05, 3.63) is 58.1 Å². The van der Waals surface area contributed by atoms with Crippen LogP contribution in [0.25, 0.3) is 0 Å². The Kier molecular flexibility index (Phi) is 6.69. The zero-order chi connectivity index (χ0) is 20.2. The molecular weight excluding hydrogens is 415 g/mol. The zero-order valence-corrected chi connectivity index (χ0v) is 16.7. The molecule has 0 aromatic heterocycles. The summed E-state index contributed by atoms with van der Waals surface area (Å²) in [7, 11) is -2.51. The fourth-order valence-electron chi connectivity index (χ4n) is 2.20. The molecule has 0 aliphatic heterocycles. The Balaban J connectivity index is 2.18. The molecule has 0 spiro atoms. The van der Waals surface area contributed by atoms with Crippen molar-refractivity contribution < 1.29 is 22.7 Å². The minimum absolute atomic E-state index is 0.100. The summed E-state index contributed by atoms with van der Waals surface area (Å²) in [6, 6.07) is 10.3. The number of carbonyl (C=O) groups is 2. The second-order valence-corrected chi connectivity index (χ2v) is 8.23. The van der Waals surface area contributed by atoms with E-state index < -0.39 is 28.4 Å². The van der Waals surface area contributed by atoms with Crippen LogP contribution in [0.3, 0.4) is 0 Å². The number of rotatable bonds is 6. The molecule has 0 aliphatic carbocycles. The fraction of sp³-hybridized carbons (Fsp3) is 0.176. The minimum atomic E-state index is -3.78. The monoisotopic (exact) mass is 430 g/mol.